The van der Waals surface area contributed by atoms with Gasteiger partial charge < -0.3 is 0 Å². The molecule has 0 spiro atoms. The van der Waals surface area contributed by atoms with E-state index in [2.05, 4.69) is 4.98 Å². The molecule has 0 saturated heterocycles. The first kappa shape index (κ1) is 15.6. The highest BCUT2D eigenvalue weighted by molar-refractivity contribution is 5.86. The quantitative estimate of drug-likeness (QED) is 0.538. The molecule has 0 amide bonds. The lowest BCUT2D eigenvalue weighted by molar-refractivity contribution is -0.394. The van der Waals surface area contributed by atoms with Gasteiger partial charge >= 0.3 is 0 Å². The van der Waals surface area contributed by atoms with Crippen LogP contribution in [0.1, 0.15) is 16.8 Å². The molecule has 8 nitrogen and oxygen atoms in total. The zero-order valence-corrected chi connectivity index (χ0v) is 13.3. The second kappa shape index (κ2) is 5.41. The molecule has 0 fully saturated rings. The van der Waals surface area contributed by atoms with Crippen molar-refractivity contribution in [3.8, 4) is 5.69 Å². The van der Waals surface area contributed by atoms with Crippen molar-refractivity contribution in [3.05, 3.63) is 67.5 Å². The summed E-state index contributed by atoms with van der Waals surface area (Å²) >= 11 is 0. The van der Waals surface area contributed by atoms with E-state index in [0.717, 1.165) is 28.3 Å². The van der Waals surface area contributed by atoms with Crippen LogP contribution in [0.3, 0.4) is 0 Å². The average Bonchev–Trinajstić information content (AvgIpc) is 2.83. The summed E-state index contributed by atoms with van der Waals surface area (Å²) in [6.45, 7) is 5.71. The number of rotatable bonds is 3. The maximum Gasteiger partial charge on any atom is 0.300 e. The number of aromatic nitrogens is 2. The van der Waals surface area contributed by atoms with Crippen molar-refractivity contribution in [2.45, 2.75) is 20.8 Å². The van der Waals surface area contributed by atoms with Gasteiger partial charge in [-0.15, -0.1) is 0 Å². The summed E-state index contributed by atoms with van der Waals surface area (Å²) in [6, 6.07) is 5.56. The molecular weight excluding hydrogens is 312 g/mol. The first-order valence-corrected chi connectivity index (χ1v) is 7.18. The normalized spacial score (nSPS) is 11.0. The molecule has 2 aromatic heterocycles. The molecule has 3 rings (SSSR count). The maximum atomic E-state index is 11.4. The lowest BCUT2D eigenvalue weighted by Crippen LogP contribution is -2.02. The van der Waals surface area contributed by atoms with Gasteiger partial charge in [-0.25, -0.2) is 4.98 Å². The fourth-order valence-corrected chi connectivity index (χ4v) is 2.96. The Morgan fingerprint density at radius 2 is 1.71 bits per heavy atom. The molecule has 0 radical (unpaired) electrons. The topological polar surface area (TPSA) is 104 Å². The van der Waals surface area contributed by atoms with Gasteiger partial charge in [0.25, 0.3) is 11.4 Å². The summed E-state index contributed by atoms with van der Waals surface area (Å²) in [5.74, 6) is 0. The van der Waals surface area contributed by atoms with Crippen molar-refractivity contribution in [1.29, 1.82) is 0 Å². The lowest BCUT2D eigenvalue weighted by Gasteiger charge is -2.07. The smallest absolute Gasteiger partial charge is 0.295 e. The number of nitro groups is 2. The van der Waals surface area contributed by atoms with E-state index in [-0.39, 0.29) is 17.1 Å². The molecule has 3 aromatic rings. The highest BCUT2D eigenvalue weighted by atomic mass is 16.6. The van der Waals surface area contributed by atoms with Crippen LogP contribution >= 0.6 is 0 Å². The Bertz CT molecular complexity index is 1010. The van der Waals surface area contributed by atoms with E-state index < -0.39 is 9.85 Å². The van der Waals surface area contributed by atoms with Crippen molar-refractivity contribution >= 4 is 22.4 Å². The number of nitrogens with zero attached hydrogens (tertiary/aromatic N) is 4. The van der Waals surface area contributed by atoms with Gasteiger partial charge in [0.1, 0.15) is 11.3 Å². The molecule has 0 saturated carbocycles. The van der Waals surface area contributed by atoms with Crippen molar-refractivity contribution in [2.75, 3.05) is 0 Å². The van der Waals surface area contributed by atoms with Crippen LogP contribution in [0.2, 0.25) is 0 Å². The van der Waals surface area contributed by atoms with E-state index >= 15 is 0 Å². The molecule has 1 aromatic carbocycles. The zero-order chi connectivity index (χ0) is 17.6. The van der Waals surface area contributed by atoms with Crippen LogP contribution in [0, 0.1) is 41.0 Å². The van der Waals surface area contributed by atoms with E-state index in [4.69, 9.17) is 0 Å². The fraction of sp³-hybridized carbons (Fsp3) is 0.188. The fourth-order valence-electron chi connectivity index (χ4n) is 2.96. The molecule has 2 heterocycles. The first-order valence-electron chi connectivity index (χ1n) is 7.18. The Kier molecular flexibility index (Phi) is 3.52. The van der Waals surface area contributed by atoms with Crippen molar-refractivity contribution < 1.29 is 9.85 Å². The van der Waals surface area contributed by atoms with Crippen LogP contribution < -0.4 is 0 Å². The minimum atomic E-state index is -0.650. The third-order valence-corrected chi connectivity index (χ3v) is 3.90. The molecule has 0 atom stereocenters. The summed E-state index contributed by atoms with van der Waals surface area (Å²) in [4.78, 5) is 25.5. The molecule has 24 heavy (non-hydrogen) atoms. The summed E-state index contributed by atoms with van der Waals surface area (Å²) in [5.41, 5.74) is 2.95. The van der Waals surface area contributed by atoms with Crippen molar-refractivity contribution in [1.82, 2.24) is 9.55 Å². The molecule has 122 valence electrons. The summed E-state index contributed by atoms with van der Waals surface area (Å²) in [5, 5.41) is 23.2. The van der Waals surface area contributed by atoms with Gasteiger partial charge in [-0.1, -0.05) is 0 Å². The summed E-state index contributed by atoms with van der Waals surface area (Å²) in [7, 11) is 0. The van der Waals surface area contributed by atoms with E-state index in [1.165, 1.54) is 12.1 Å². The molecule has 0 aliphatic heterocycles. The minimum absolute atomic E-state index is 0.251. The summed E-state index contributed by atoms with van der Waals surface area (Å²) < 4.78 is 1.62. The van der Waals surface area contributed by atoms with Crippen LogP contribution in [0.25, 0.3) is 16.7 Å². The Balaban J connectivity index is 2.36. The van der Waals surface area contributed by atoms with E-state index in [1.54, 1.807) is 10.8 Å². The molecule has 0 aliphatic carbocycles. The van der Waals surface area contributed by atoms with Gasteiger partial charge in [0.05, 0.1) is 15.9 Å². The standard InChI is InChI=1S/C16H14N4O4/c1-9-6-11(3)17-16-15(9)10(2)8-18(16)13-5-4-12(19(21)22)7-14(13)20(23)24/h4-8H,1-3H3. The molecule has 0 aliphatic rings. The minimum Gasteiger partial charge on any atom is -0.295 e. The maximum absolute atomic E-state index is 11.4. The third-order valence-electron chi connectivity index (χ3n) is 3.90. The number of hydrogen-bond donors (Lipinski definition) is 0. The number of hydrogen-bond acceptors (Lipinski definition) is 5. The van der Waals surface area contributed by atoms with Crippen LogP contribution in [0.15, 0.2) is 30.5 Å². The van der Waals surface area contributed by atoms with Gasteiger partial charge in [0, 0.05) is 23.3 Å². The first-order chi connectivity index (χ1) is 11.3. The number of aryl methyl sites for hydroxylation is 3. The number of benzene rings is 1. The van der Waals surface area contributed by atoms with Gasteiger partial charge in [0.2, 0.25) is 0 Å². The van der Waals surface area contributed by atoms with Gasteiger partial charge in [-0.2, -0.15) is 0 Å². The average molecular weight is 326 g/mol. The highest BCUT2D eigenvalue weighted by Crippen LogP contribution is 2.32. The Hall–Kier alpha value is -3.29. The molecule has 0 unspecified atom stereocenters. The Labute approximate surface area is 136 Å². The SMILES string of the molecule is Cc1cc(C)c2c(C)cn(-c3ccc([N+](=O)[O-])cc3[N+](=O)[O-])c2n1. The van der Waals surface area contributed by atoms with Crippen molar-refractivity contribution in [2.24, 2.45) is 0 Å². The van der Waals surface area contributed by atoms with Crippen LogP contribution in [-0.4, -0.2) is 19.4 Å². The molecule has 0 bridgehead atoms. The van der Waals surface area contributed by atoms with Crippen LogP contribution in [-0.2, 0) is 0 Å². The van der Waals surface area contributed by atoms with Crippen LogP contribution in [0.5, 0.6) is 0 Å². The second-order valence-electron chi connectivity index (χ2n) is 5.65. The van der Waals surface area contributed by atoms with Gasteiger partial charge in [0.15, 0.2) is 0 Å². The number of pyridine rings is 1. The largest absolute Gasteiger partial charge is 0.300 e. The number of non-ortho nitro benzene ring substituents is 1. The monoisotopic (exact) mass is 326 g/mol. The van der Waals surface area contributed by atoms with Crippen LogP contribution in [0.4, 0.5) is 11.4 Å². The van der Waals surface area contributed by atoms with E-state index in [0.29, 0.717) is 5.65 Å². The second-order valence-corrected chi connectivity index (χ2v) is 5.65. The van der Waals surface area contributed by atoms with E-state index in [9.17, 15) is 20.2 Å². The predicted molar refractivity (Wildman–Crippen MR) is 88.6 cm³/mol. The highest BCUT2D eigenvalue weighted by Gasteiger charge is 2.23. The third kappa shape index (κ3) is 2.37. The number of fused-ring (bicyclic) bond motifs is 1. The number of nitro benzene ring substituents is 2. The van der Waals surface area contributed by atoms with Gasteiger partial charge in [-0.3, -0.25) is 24.8 Å². The Morgan fingerprint density at radius 1 is 1.00 bits per heavy atom. The molecule has 0 N–H and O–H groups in total. The predicted octanol–water partition coefficient (Wildman–Crippen LogP) is 3.77. The van der Waals surface area contributed by atoms with Crippen molar-refractivity contribution in [3.63, 3.8) is 0 Å². The lowest BCUT2D eigenvalue weighted by atomic mass is 10.1. The Morgan fingerprint density at radius 3 is 2.33 bits per heavy atom. The zero-order valence-electron chi connectivity index (χ0n) is 13.3. The molecular formula is C16H14N4O4. The van der Waals surface area contributed by atoms with Gasteiger partial charge in [-0.05, 0) is 44.0 Å². The summed E-state index contributed by atoms with van der Waals surface area (Å²) in [6.07, 6.45) is 1.76. The molecule has 8 heteroatoms. The van der Waals surface area contributed by atoms with E-state index in [1.807, 2.05) is 26.8 Å².